The van der Waals surface area contributed by atoms with E-state index in [1.165, 1.54) is 30.6 Å². The Balaban J connectivity index is 1.55. The lowest BCUT2D eigenvalue weighted by molar-refractivity contribution is -0.115. The molecule has 2 fully saturated rings. The van der Waals surface area contributed by atoms with E-state index in [0.29, 0.717) is 6.42 Å². The van der Waals surface area contributed by atoms with E-state index in [4.69, 9.17) is 0 Å². The Morgan fingerprint density at radius 1 is 1.32 bits per heavy atom. The molecule has 0 spiro atoms. The fourth-order valence-electron chi connectivity index (χ4n) is 3.61. The number of carbonyl (C=O) groups is 1. The molecule has 1 N–H and O–H groups in total. The van der Waals surface area contributed by atoms with Crippen LogP contribution in [0.4, 0.5) is 5.69 Å². The molecule has 1 amide bonds. The predicted molar refractivity (Wildman–Crippen MR) is 93.3 cm³/mol. The van der Waals surface area contributed by atoms with Crippen molar-refractivity contribution in [3.63, 3.8) is 0 Å². The van der Waals surface area contributed by atoms with Gasteiger partial charge in [0.15, 0.2) is 0 Å². The Hall–Kier alpha value is -1.26. The molecule has 2 aliphatic heterocycles. The van der Waals surface area contributed by atoms with Crippen LogP contribution in [-0.2, 0) is 4.79 Å². The predicted octanol–water partition coefficient (Wildman–Crippen LogP) is 3.92. The van der Waals surface area contributed by atoms with Crippen molar-refractivity contribution in [1.29, 1.82) is 0 Å². The number of piperidine rings is 1. The second kappa shape index (κ2) is 6.88. The maximum atomic E-state index is 11.5. The third kappa shape index (κ3) is 3.55. The number of amides is 1. The van der Waals surface area contributed by atoms with Crippen molar-refractivity contribution in [2.45, 2.75) is 54.3 Å². The van der Waals surface area contributed by atoms with Gasteiger partial charge in [-0.2, -0.15) is 0 Å². The molecule has 2 saturated heterocycles. The van der Waals surface area contributed by atoms with Crippen LogP contribution in [0.3, 0.4) is 0 Å². The number of nitrogens with one attached hydrogen (secondary N) is 1. The summed E-state index contributed by atoms with van der Waals surface area (Å²) >= 11 is 2.00. The molecule has 2 bridgehead atoms. The summed E-state index contributed by atoms with van der Waals surface area (Å²) in [6, 6.07) is 9.80. The topological polar surface area (TPSA) is 32.3 Å². The highest BCUT2D eigenvalue weighted by Crippen LogP contribution is 2.41. The van der Waals surface area contributed by atoms with Crippen LogP contribution in [0.15, 0.2) is 41.8 Å². The fourth-order valence-corrected chi connectivity index (χ4v) is 4.93. The molecule has 0 saturated carbocycles. The van der Waals surface area contributed by atoms with Gasteiger partial charge in [0.05, 0.1) is 0 Å². The highest BCUT2D eigenvalue weighted by molar-refractivity contribution is 8.00. The van der Waals surface area contributed by atoms with Gasteiger partial charge < -0.3 is 10.2 Å². The second-order valence-corrected chi connectivity index (χ2v) is 7.70. The molecule has 2 aliphatic rings. The summed E-state index contributed by atoms with van der Waals surface area (Å²) in [4.78, 5) is 15.4. The highest BCUT2D eigenvalue weighted by atomic mass is 32.2. The SMILES string of the molecule is C=CCC(=O)Nc1ccc(SC2CC3CCC(C2)N3C)cc1. The van der Waals surface area contributed by atoms with Crippen molar-refractivity contribution in [2.24, 2.45) is 0 Å². The van der Waals surface area contributed by atoms with Crippen molar-refractivity contribution in [3.8, 4) is 0 Å². The number of carbonyl (C=O) groups excluding carboxylic acids is 1. The van der Waals surface area contributed by atoms with Gasteiger partial charge in [0.25, 0.3) is 0 Å². The van der Waals surface area contributed by atoms with E-state index in [2.05, 4.69) is 36.0 Å². The van der Waals surface area contributed by atoms with Gasteiger partial charge in [-0.25, -0.2) is 0 Å². The summed E-state index contributed by atoms with van der Waals surface area (Å²) in [6.45, 7) is 3.58. The quantitative estimate of drug-likeness (QED) is 0.836. The zero-order valence-electron chi connectivity index (χ0n) is 13.1. The van der Waals surface area contributed by atoms with Crippen LogP contribution in [0, 0.1) is 0 Å². The monoisotopic (exact) mass is 316 g/mol. The van der Waals surface area contributed by atoms with E-state index in [-0.39, 0.29) is 5.91 Å². The van der Waals surface area contributed by atoms with Crippen LogP contribution >= 0.6 is 11.8 Å². The Bertz CT molecular complexity index is 529. The summed E-state index contributed by atoms with van der Waals surface area (Å²) in [5.41, 5.74) is 0.861. The van der Waals surface area contributed by atoms with E-state index in [0.717, 1.165) is 23.0 Å². The van der Waals surface area contributed by atoms with Gasteiger partial charge in [-0.15, -0.1) is 18.3 Å². The van der Waals surface area contributed by atoms with Crippen LogP contribution in [0.2, 0.25) is 0 Å². The first-order valence-corrected chi connectivity index (χ1v) is 8.93. The van der Waals surface area contributed by atoms with Crippen molar-refractivity contribution >= 4 is 23.4 Å². The molecule has 0 aliphatic carbocycles. The number of anilines is 1. The maximum absolute atomic E-state index is 11.5. The number of rotatable bonds is 5. The molecule has 0 radical (unpaired) electrons. The van der Waals surface area contributed by atoms with Gasteiger partial charge in [0.2, 0.25) is 5.91 Å². The third-order valence-corrected chi connectivity index (χ3v) is 6.09. The zero-order chi connectivity index (χ0) is 15.5. The second-order valence-electron chi connectivity index (χ2n) is 6.33. The number of hydrogen-bond donors (Lipinski definition) is 1. The molecule has 22 heavy (non-hydrogen) atoms. The van der Waals surface area contributed by atoms with Crippen LogP contribution in [0.25, 0.3) is 0 Å². The van der Waals surface area contributed by atoms with E-state index in [1.54, 1.807) is 6.08 Å². The van der Waals surface area contributed by atoms with Crippen LogP contribution in [-0.4, -0.2) is 35.2 Å². The number of hydrogen-bond acceptors (Lipinski definition) is 3. The molecule has 2 atom stereocenters. The lowest BCUT2D eigenvalue weighted by Gasteiger charge is -2.36. The van der Waals surface area contributed by atoms with Gasteiger partial charge >= 0.3 is 0 Å². The Kier molecular flexibility index (Phi) is 4.89. The highest BCUT2D eigenvalue weighted by Gasteiger charge is 2.38. The Morgan fingerprint density at radius 3 is 2.55 bits per heavy atom. The number of fused-ring (bicyclic) bond motifs is 2. The van der Waals surface area contributed by atoms with E-state index in [1.807, 2.05) is 23.9 Å². The first-order chi connectivity index (χ1) is 10.7. The van der Waals surface area contributed by atoms with Crippen molar-refractivity contribution in [1.82, 2.24) is 4.90 Å². The minimum Gasteiger partial charge on any atom is -0.326 e. The Labute approximate surface area is 137 Å². The third-order valence-electron chi connectivity index (χ3n) is 4.83. The average molecular weight is 316 g/mol. The largest absolute Gasteiger partial charge is 0.326 e. The number of nitrogens with zero attached hydrogens (tertiary/aromatic N) is 1. The first-order valence-electron chi connectivity index (χ1n) is 8.05. The summed E-state index contributed by atoms with van der Waals surface area (Å²) in [7, 11) is 2.28. The average Bonchev–Trinajstić information content (AvgIpc) is 2.72. The van der Waals surface area contributed by atoms with E-state index >= 15 is 0 Å². The summed E-state index contributed by atoms with van der Waals surface area (Å²) < 4.78 is 0. The summed E-state index contributed by atoms with van der Waals surface area (Å²) in [6.07, 6.45) is 7.31. The van der Waals surface area contributed by atoms with Gasteiger partial charge in [-0.05, 0) is 57.0 Å². The molecule has 118 valence electrons. The normalized spacial score (nSPS) is 27.6. The molecule has 2 unspecified atom stereocenters. The molecule has 0 aromatic heterocycles. The molecular weight excluding hydrogens is 292 g/mol. The van der Waals surface area contributed by atoms with E-state index in [9.17, 15) is 4.79 Å². The lowest BCUT2D eigenvalue weighted by Crippen LogP contribution is -2.40. The van der Waals surface area contributed by atoms with Gasteiger partial charge in [-0.3, -0.25) is 4.79 Å². The van der Waals surface area contributed by atoms with Crippen molar-refractivity contribution < 1.29 is 4.79 Å². The van der Waals surface area contributed by atoms with Gasteiger partial charge in [0.1, 0.15) is 0 Å². The molecule has 3 rings (SSSR count). The van der Waals surface area contributed by atoms with Crippen LogP contribution in [0.1, 0.15) is 32.1 Å². The Morgan fingerprint density at radius 2 is 1.95 bits per heavy atom. The molecule has 3 nitrogen and oxygen atoms in total. The number of benzene rings is 1. The molecule has 2 heterocycles. The molecule has 1 aromatic rings. The molecular formula is C18H24N2OS. The van der Waals surface area contributed by atoms with Crippen molar-refractivity contribution in [2.75, 3.05) is 12.4 Å². The number of thioether (sulfide) groups is 1. The standard InChI is InChI=1S/C18H24N2OS/c1-3-4-18(21)19-13-5-9-16(10-6-13)22-17-11-14-7-8-15(12-17)20(14)2/h3,5-6,9-10,14-15,17H,1,4,7-8,11-12H2,2H3,(H,19,21). The minimum atomic E-state index is -0.0118. The summed E-state index contributed by atoms with van der Waals surface area (Å²) in [5.74, 6) is -0.0118. The molecule has 4 heteroatoms. The first kappa shape index (κ1) is 15.6. The van der Waals surface area contributed by atoms with E-state index < -0.39 is 0 Å². The van der Waals surface area contributed by atoms with Gasteiger partial charge in [0, 0.05) is 34.3 Å². The van der Waals surface area contributed by atoms with Crippen LogP contribution in [0.5, 0.6) is 0 Å². The maximum Gasteiger partial charge on any atom is 0.228 e. The lowest BCUT2D eigenvalue weighted by atomic mass is 10.0. The van der Waals surface area contributed by atoms with Crippen molar-refractivity contribution in [3.05, 3.63) is 36.9 Å². The van der Waals surface area contributed by atoms with Crippen LogP contribution < -0.4 is 5.32 Å². The zero-order valence-corrected chi connectivity index (χ0v) is 13.9. The fraction of sp³-hybridized carbons (Fsp3) is 0.500. The minimum absolute atomic E-state index is 0.0118. The smallest absolute Gasteiger partial charge is 0.228 e. The van der Waals surface area contributed by atoms with Gasteiger partial charge in [-0.1, -0.05) is 6.08 Å². The molecule has 1 aromatic carbocycles. The summed E-state index contributed by atoms with van der Waals surface area (Å²) in [5, 5.41) is 3.61.